The van der Waals surface area contributed by atoms with Crippen molar-refractivity contribution in [2.75, 3.05) is 4.31 Å². The van der Waals surface area contributed by atoms with Gasteiger partial charge < -0.3 is 0 Å². The highest BCUT2D eigenvalue weighted by atomic mass is 35.5. The van der Waals surface area contributed by atoms with Gasteiger partial charge in [0.05, 0.1) is 11.4 Å². The van der Waals surface area contributed by atoms with Crippen LogP contribution in [0, 0.1) is 0 Å². The first-order chi connectivity index (χ1) is 10.8. The lowest BCUT2D eigenvalue weighted by atomic mass is 10.2. The van der Waals surface area contributed by atoms with Crippen LogP contribution in [-0.2, 0) is 20.6 Å². The third-order valence-corrected chi connectivity index (χ3v) is 4.96. The first-order valence-corrected chi connectivity index (χ1v) is 8.82. The summed E-state index contributed by atoms with van der Waals surface area (Å²) in [5.41, 5.74) is 0.968. The summed E-state index contributed by atoms with van der Waals surface area (Å²) in [5.74, 6) is -0.946. The van der Waals surface area contributed by atoms with E-state index in [1.807, 2.05) is 0 Å². The number of amides is 1. The number of nitrogens with zero attached hydrogens (tertiary/aromatic N) is 1. The average molecular weight is 350 g/mol. The number of sulfonamides is 1. The highest BCUT2D eigenvalue weighted by molar-refractivity contribution is 7.92. The highest BCUT2D eigenvalue weighted by Crippen LogP contribution is 2.24. The van der Waals surface area contributed by atoms with Gasteiger partial charge in [0, 0.05) is 10.6 Å². The van der Waals surface area contributed by atoms with E-state index >= 15 is 0 Å². The van der Waals surface area contributed by atoms with Gasteiger partial charge in [-0.25, -0.2) is 12.7 Å². The summed E-state index contributed by atoms with van der Waals surface area (Å²) in [7, 11) is -3.91. The highest BCUT2D eigenvalue weighted by Gasteiger charge is 2.29. The Morgan fingerprint density at radius 2 is 1.65 bits per heavy atom. The van der Waals surface area contributed by atoms with Crippen molar-refractivity contribution in [2.45, 2.75) is 12.7 Å². The maximum atomic E-state index is 12.8. The van der Waals surface area contributed by atoms with E-state index in [9.17, 15) is 13.2 Å². The minimum absolute atomic E-state index is 0.136. The SMILES string of the molecule is C=C(C)C(=O)N(c1ccc(Cl)cc1)S(=O)(=O)Cc1ccccc1. The van der Waals surface area contributed by atoms with Crippen molar-refractivity contribution >= 4 is 33.2 Å². The van der Waals surface area contributed by atoms with Crippen LogP contribution in [0.5, 0.6) is 0 Å². The van der Waals surface area contributed by atoms with Gasteiger partial charge in [0.2, 0.25) is 10.0 Å². The molecule has 23 heavy (non-hydrogen) atoms. The zero-order valence-electron chi connectivity index (χ0n) is 12.6. The number of carbonyl (C=O) groups is 1. The second-order valence-corrected chi connectivity index (χ2v) is 7.32. The normalized spacial score (nSPS) is 11.0. The molecule has 2 aromatic rings. The molecule has 0 fully saturated rings. The minimum Gasteiger partial charge on any atom is -0.268 e. The lowest BCUT2D eigenvalue weighted by Gasteiger charge is -2.22. The molecule has 0 spiro atoms. The molecular formula is C17H16ClNO3S. The molecule has 0 N–H and O–H groups in total. The fourth-order valence-corrected chi connectivity index (χ4v) is 3.72. The van der Waals surface area contributed by atoms with Gasteiger partial charge in [-0.05, 0) is 36.8 Å². The van der Waals surface area contributed by atoms with E-state index in [1.165, 1.54) is 31.2 Å². The fourth-order valence-electron chi connectivity index (χ4n) is 2.00. The van der Waals surface area contributed by atoms with Gasteiger partial charge >= 0.3 is 0 Å². The smallest absolute Gasteiger partial charge is 0.267 e. The van der Waals surface area contributed by atoms with Gasteiger partial charge in [0.1, 0.15) is 0 Å². The van der Waals surface area contributed by atoms with E-state index < -0.39 is 15.9 Å². The lowest BCUT2D eigenvalue weighted by Crippen LogP contribution is -2.38. The van der Waals surface area contributed by atoms with Crippen LogP contribution in [0.1, 0.15) is 12.5 Å². The molecule has 0 radical (unpaired) electrons. The minimum atomic E-state index is -3.91. The number of benzene rings is 2. The van der Waals surface area contributed by atoms with Gasteiger partial charge in [0.15, 0.2) is 0 Å². The number of anilines is 1. The zero-order valence-corrected chi connectivity index (χ0v) is 14.1. The van der Waals surface area contributed by atoms with Crippen molar-refractivity contribution in [3.05, 3.63) is 77.3 Å². The summed E-state index contributed by atoms with van der Waals surface area (Å²) < 4.78 is 26.3. The molecule has 0 atom stereocenters. The quantitative estimate of drug-likeness (QED) is 0.772. The first kappa shape index (κ1) is 17.2. The van der Waals surface area contributed by atoms with E-state index in [-0.39, 0.29) is 17.0 Å². The number of halogens is 1. The van der Waals surface area contributed by atoms with Crippen molar-refractivity contribution < 1.29 is 13.2 Å². The average Bonchev–Trinajstić information content (AvgIpc) is 2.49. The van der Waals surface area contributed by atoms with E-state index in [2.05, 4.69) is 6.58 Å². The van der Waals surface area contributed by atoms with Crippen molar-refractivity contribution in [1.29, 1.82) is 0 Å². The van der Waals surface area contributed by atoms with E-state index in [4.69, 9.17) is 11.6 Å². The van der Waals surface area contributed by atoms with Crippen LogP contribution in [-0.4, -0.2) is 14.3 Å². The molecule has 4 nitrogen and oxygen atoms in total. The molecule has 1 amide bonds. The summed E-state index contributed by atoms with van der Waals surface area (Å²) in [6.07, 6.45) is 0. The Labute approximate surface area is 141 Å². The van der Waals surface area contributed by atoms with Crippen molar-refractivity contribution in [3.8, 4) is 0 Å². The van der Waals surface area contributed by atoms with E-state index in [0.717, 1.165) is 4.31 Å². The van der Waals surface area contributed by atoms with E-state index in [1.54, 1.807) is 30.3 Å². The summed E-state index contributed by atoms with van der Waals surface area (Å²) in [6.45, 7) is 5.03. The summed E-state index contributed by atoms with van der Waals surface area (Å²) in [4.78, 5) is 12.4. The molecule has 2 aromatic carbocycles. The van der Waals surface area contributed by atoms with Gasteiger partial charge in [-0.3, -0.25) is 4.79 Å². The molecule has 6 heteroatoms. The summed E-state index contributed by atoms with van der Waals surface area (Å²) >= 11 is 5.83. The molecule has 2 rings (SSSR count). The van der Waals surface area contributed by atoms with Crippen LogP contribution < -0.4 is 4.31 Å². The van der Waals surface area contributed by atoms with Crippen LogP contribution in [0.4, 0.5) is 5.69 Å². The van der Waals surface area contributed by atoms with Crippen LogP contribution in [0.25, 0.3) is 0 Å². The van der Waals surface area contributed by atoms with Crippen molar-refractivity contribution in [2.24, 2.45) is 0 Å². The third-order valence-electron chi connectivity index (χ3n) is 3.08. The van der Waals surface area contributed by atoms with Gasteiger partial charge in [-0.15, -0.1) is 0 Å². The van der Waals surface area contributed by atoms with Gasteiger partial charge in [-0.2, -0.15) is 0 Å². The molecule has 0 saturated carbocycles. The Morgan fingerprint density at radius 1 is 1.09 bits per heavy atom. The molecule has 0 aliphatic carbocycles. The largest absolute Gasteiger partial charge is 0.268 e. The molecule has 0 heterocycles. The molecule has 0 aliphatic rings. The molecular weight excluding hydrogens is 334 g/mol. The first-order valence-electron chi connectivity index (χ1n) is 6.83. The molecule has 120 valence electrons. The molecule has 0 bridgehead atoms. The van der Waals surface area contributed by atoms with Crippen LogP contribution in [0.2, 0.25) is 5.02 Å². The second kappa shape index (κ2) is 6.98. The molecule has 0 unspecified atom stereocenters. The number of hydrogen-bond donors (Lipinski definition) is 0. The third kappa shape index (κ3) is 4.21. The van der Waals surface area contributed by atoms with Crippen molar-refractivity contribution in [3.63, 3.8) is 0 Å². The second-order valence-electron chi connectivity index (χ2n) is 5.07. The monoisotopic (exact) mass is 349 g/mol. The van der Waals surface area contributed by atoms with Crippen LogP contribution in [0.15, 0.2) is 66.7 Å². The summed E-state index contributed by atoms with van der Waals surface area (Å²) in [6, 6.07) is 14.7. The number of carbonyl (C=O) groups excluding carboxylic acids is 1. The maximum absolute atomic E-state index is 12.8. The summed E-state index contributed by atoms with van der Waals surface area (Å²) in [5, 5.41) is 0.455. The Morgan fingerprint density at radius 3 is 2.17 bits per heavy atom. The molecule has 0 aliphatic heterocycles. The predicted molar refractivity (Wildman–Crippen MR) is 92.8 cm³/mol. The Bertz CT molecular complexity index is 815. The maximum Gasteiger partial charge on any atom is 0.267 e. The Kier molecular flexibility index (Phi) is 5.23. The standard InChI is InChI=1S/C17H16ClNO3S/c1-13(2)17(20)19(16-10-8-15(18)9-11-16)23(21,22)12-14-6-4-3-5-7-14/h3-11H,1,12H2,2H3. The fraction of sp³-hybridized carbons (Fsp3) is 0.118. The number of rotatable bonds is 5. The lowest BCUT2D eigenvalue weighted by molar-refractivity contribution is -0.113. The number of hydrogen-bond acceptors (Lipinski definition) is 3. The van der Waals surface area contributed by atoms with Crippen LogP contribution in [0.3, 0.4) is 0 Å². The van der Waals surface area contributed by atoms with Crippen molar-refractivity contribution in [1.82, 2.24) is 0 Å². The Balaban J connectivity index is 2.46. The molecule has 0 aromatic heterocycles. The van der Waals surface area contributed by atoms with Gasteiger partial charge in [-0.1, -0.05) is 48.5 Å². The van der Waals surface area contributed by atoms with Crippen LogP contribution >= 0.6 is 11.6 Å². The Hall–Kier alpha value is -2.11. The van der Waals surface area contributed by atoms with Gasteiger partial charge in [0.25, 0.3) is 5.91 Å². The zero-order chi connectivity index (χ0) is 17.0. The predicted octanol–water partition coefficient (Wildman–Crippen LogP) is 3.78. The molecule has 0 saturated heterocycles. The van der Waals surface area contributed by atoms with E-state index in [0.29, 0.717) is 10.6 Å². The topological polar surface area (TPSA) is 54.5 Å².